The van der Waals surface area contributed by atoms with E-state index in [9.17, 15) is 4.79 Å². The van der Waals surface area contributed by atoms with Gasteiger partial charge in [-0.15, -0.1) is 0 Å². The minimum Gasteiger partial charge on any atom is -0.345 e. The van der Waals surface area contributed by atoms with Crippen LogP contribution in [0.2, 0.25) is 0 Å². The Bertz CT molecular complexity index is 161. The van der Waals surface area contributed by atoms with Crippen molar-refractivity contribution in [2.24, 2.45) is 11.1 Å². The summed E-state index contributed by atoms with van der Waals surface area (Å²) in [7, 11) is 1.85. The highest BCUT2D eigenvalue weighted by molar-refractivity contribution is 5.81. The van der Waals surface area contributed by atoms with Gasteiger partial charge in [0.2, 0.25) is 5.91 Å². The molecule has 0 atom stereocenters. The van der Waals surface area contributed by atoms with Crippen LogP contribution in [-0.4, -0.2) is 30.9 Å². The molecule has 0 aromatic heterocycles. The molecule has 13 heavy (non-hydrogen) atoms. The Hall–Kier alpha value is -0.570. The molecule has 0 aliphatic rings. The van der Waals surface area contributed by atoms with Crippen LogP contribution in [0, 0.1) is 5.41 Å². The second-order valence-corrected chi connectivity index (χ2v) is 4.47. The van der Waals surface area contributed by atoms with Gasteiger partial charge in [-0.1, -0.05) is 20.8 Å². The fraction of sp³-hybridized carbons (Fsp3) is 0.900. The van der Waals surface area contributed by atoms with Crippen molar-refractivity contribution in [3.63, 3.8) is 0 Å². The lowest BCUT2D eigenvalue weighted by Crippen LogP contribution is -2.37. The topological polar surface area (TPSA) is 46.3 Å². The van der Waals surface area contributed by atoms with Crippen LogP contribution >= 0.6 is 0 Å². The molecule has 0 aromatic carbocycles. The first-order valence-electron chi connectivity index (χ1n) is 4.85. The van der Waals surface area contributed by atoms with Gasteiger partial charge in [0.1, 0.15) is 0 Å². The molecule has 0 bridgehead atoms. The molecule has 0 aliphatic heterocycles. The molecule has 0 aromatic rings. The van der Waals surface area contributed by atoms with E-state index in [1.807, 2.05) is 27.8 Å². The van der Waals surface area contributed by atoms with Crippen LogP contribution < -0.4 is 5.73 Å². The Morgan fingerprint density at radius 1 is 1.31 bits per heavy atom. The van der Waals surface area contributed by atoms with Crippen LogP contribution in [0.4, 0.5) is 0 Å². The number of nitrogens with zero attached hydrogens (tertiary/aromatic N) is 1. The largest absolute Gasteiger partial charge is 0.345 e. The number of hydrogen-bond donors (Lipinski definition) is 1. The predicted molar refractivity (Wildman–Crippen MR) is 55.4 cm³/mol. The summed E-state index contributed by atoms with van der Waals surface area (Å²) in [5.41, 5.74) is 5.11. The smallest absolute Gasteiger partial charge is 0.227 e. The molecular formula is C10H22N2O. The second-order valence-electron chi connectivity index (χ2n) is 4.47. The van der Waals surface area contributed by atoms with Crippen LogP contribution in [0.5, 0.6) is 0 Å². The highest BCUT2D eigenvalue weighted by Crippen LogP contribution is 2.16. The van der Waals surface area contributed by atoms with Gasteiger partial charge >= 0.3 is 0 Å². The van der Waals surface area contributed by atoms with Crippen molar-refractivity contribution in [1.29, 1.82) is 0 Å². The van der Waals surface area contributed by atoms with Crippen molar-refractivity contribution in [2.75, 3.05) is 20.1 Å². The van der Waals surface area contributed by atoms with E-state index in [0.29, 0.717) is 6.54 Å². The van der Waals surface area contributed by atoms with Gasteiger partial charge in [-0.2, -0.15) is 0 Å². The fourth-order valence-electron chi connectivity index (χ4n) is 1.17. The molecule has 0 heterocycles. The minimum absolute atomic E-state index is 0.199. The van der Waals surface area contributed by atoms with E-state index >= 15 is 0 Å². The van der Waals surface area contributed by atoms with Gasteiger partial charge in [0, 0.05) is 19.0 Å². The number of nitrogens with two attached hydrogens (primary N) is 1. The van der Waals surface area contributed by atoms with Crippen LogP contribution in [0.25, 0.3) is 0 Å². The summed E-state index contributed by atoms with van der Waals surface area (Å²) >= 11 is 0. The lowest BCUT2D eigenvalue weighted by atomic mass is 9.95. The lowest BCUT2D eigenvalue weighted by Gasteiger charge is -2.25. The second kappa shape index (κ2) is 5.22. The van der Waals surface area contributed by atoms with Crippen LogP contribution in [0.15, 0.2) is 0 Å². The quantitative estimate of drug-likeness (QED) is 0.671. The Labute approximate surface area is 81.3 Å². The summed E-state index contributed by atoms with van der Waals surface area (Å²) in [5.74, 6) is 0.199. The van der Waals surface area contributed by atoms with Crippen molar-refractivity contribution < 1.29 is 4.79 Å². The standard InChI is InChI=1S/C10H22N2O/c1-10(2,3)9(13)12(4)8-6-5-7-11/h5-8,11H2,1-4H3. The molecule has 0 saturated carbocycles. The summed E-state index contributed by atoms with van der Waals surface area (Å²) in [6, 6.07) is 0. The third-order valence-electron chi connectivity index (χ3n) is 1.94. The van der Waals surface area contributed by atoms with Gasteiger partial charge in [-0.25, -0.2) is 0 Å². The first-order chi connectivity index (χ1) is 5.89. The number of hydrogen-bond acceptors (Lipinski definition) is 2. The SMILES string of the molecule is CN(CCCCN)C(=O)C(C)(C)C. The summed E-state index contributed by atoms with van der Waals surface area (Å²) in [6.45, 7) is 7.34. The lowest BCUT2D eigenvalue weighted by molar-refractivity contribution is -0.138. The molecule has 0 radical (unpaired) electrons. The van der Waals surface area contributed by atoms with Gasteiger partial charge in [-0.3, -0.25) is 4.79 Å². The molecule has 3 heteroatoms. The molecule has 0 fully saturated rings. The zero-order valence-electron chi connectivity index (χ0n) is 9.26. The molecule has 2 N–H and O–H groups in total. The molecule has 0 rings (SSSR count). The molecule has 1 amide bonds. The normalized spacial score (nSPS) is 11.5. The number of unbranched alkanes of at least 4 members (excludes halogenated alkanes) is 1. The average molecular weight is 186 g/mol. The number of carbonyl (C=O) groups is 1. The Morgan fingerprint density at radius 2 is 1.85 bits per heavy atom. The van der Waals surface area contributed by atoms with Gasteiger partial charge in [0.05, 0.1) is 0 Å². The molecule has 78 valence electrons. The first kappa shape index (κ1) is 12.4. The first-order valence-corrected chi connectivity index (χ1v) is 4.85. The van der Waals surface area contributed by atoms with Crippen molar-refractivity contribution >= 4 is 5.91 Å². The average Bonchev–Trinajstić information content (AvgIpc) is 2.01. The van der Waals surface area contributed by atoms with Crippen molar-refractivity contribution in [3.05, 3.63) is 0 Å². The fourth-order valence-corrected chi connectivity index (χ4v) is 1.17. The van der Waals surface area contributed by atoms with Gasteiger partial charge in [-0.05, 0) is 19.4 Å². The maximum atomic E-state index is 11.7. The van der Waals surface area contributed by atoms with E-state index in [-0.39, 0.29) is 11.3 Å². The zero-order chi connectivity index (χ0) is 10.5. The maximum absolute atomic E-state index is 11.7. The van der Waals surface area contributed by atoms with Gasteiger partial charge < -0.3 is 10.6 Å². The third-order valence-corrected chi connectivity index (χ3v) is 1.94. The number of amides is 1. The molecule has 0 saturated heterocycles. The van der Waals surface area contributed by atoms with Gasteiger partial charge in [0.15, 0.2) is 0 Å². The summed E-state index contributed by atoms with van der Waals surface area (Å²) in [6.07, 6.45) is 1.98. The van der Waals surface area contributed by atoms with E-state index < -0.39 is 0 Å². The third kappa shape index (κ3) is 4.88. The number of rotatable bonds is 4. The van der Waals surface area contributed by atoms with Crippen LogP contribution in [-0.2, 0) is 4.79 Å². The van der Waals surface area contributed by atoms with E-state index in [0.717, 1.165) is 19.4 Å². The van der Waals surface area contributed by atoms with Crippen LogP contribution in [0.3, 0.4) is 0 Å². The Morgan fingerprint density at radius 3 is 2.23 bits per heavy atom. The zero-order valence-corrected chi connectivity index (χ0v) is 9.26. The van der Waals surface area contributed by atoms with Crippen LogP contribution in [0.1, 0.15) is 33.6 Å². The highest BCUT2D eigenvalue weighted by atomic mass is 16.2. The molecule has 0 aliphatic carbocycles. The van der Waals surface area contributed by atoms with E-state index in [2.05, 4.69) is 0 Å². The molecule has 0 unspecified atom stereocenters. The van der Waals surface area contributed by atoms with E-state index in [1.165, 1.54) is 0 Å². The van der Waals surface area contributed by atoms with Gasteiger partial charge in [0.25, 0.3) is 0 Å². The Kier molecular flexibility index (Phi) is 4.99. The molecular weight excluding hydrogens is 164 g/mol. The van der Waals surface area contributed by atoms with Crippen molar-refractivity contribution in [1.82, 2.24) is 4.90 Å². The van der Waals surface area contributed by atoms with E-state index in [4.69, 9.17) is 5.73 Å². The summed E-state index contributed by atoms with van der Waals surface area (Å²) in [4.78, 5) is 13.4. The maximum Gasteiger partial charge on any atom is 0.227 e. The minimum atomic E-state index is -0.266. The van der Waals surface area contributed by atoms with Crippen molar-refractivity contribution in [3.8, 4) is 0 Å². The molecule has 3 nitrogen and oxygen atoms in total. The van der Waals surface area contributed by atoms with Crippen molar-refractivity contribution in [2.45, 2.75) is 33.6 Å². The monoisotopic (exact) mass is 186 g/mol. The highest BCUT2D eigenvalue weighted by Gasteiger charge is 2.24. The number of carbonyl (C=O) groups excluding carboxylic acids is 1. The predicted octanol–water partition coefficient (Wildman–Crippen LogP) is 1.23. The van der Waals surface area contributed by atoms with E-state index in [1.54, 1.807) is 4.90 Å². The Balaban J connectivity index is 3.84. The summed E-state index contributed by atoms with van der Waals surface area (Å²) < 4.78 is 0. The molecule has 0 spiro atoms. The summed E-state index contributed by atoms with van der Waals surface area (Å²) in [5, 5.41) is 0.